The van der Waals surface area contributed by atoms with Gasteiger partial charge >= 0.3 is 0 Å². The molecular weight excluding hydrogens is 471 g/mol. The molecule has 0 bridgehead atoms. The molecule has 0 aliphatic rings. The molecule has 0 saturated heterocycles. The van der Waals surface area contributed by atoms with E-state index in [0.717, 1.165) is 19.8 Å². The number of hydrogen-bond acceptors (Lipinski definition) is 3. The topological polar surface area (TPSA) is 58.2 Å². The van der Waals surface area contributed by atoms with Crippen molar-refractivity contribution < 1.29 is 9.59 Å². The third-order valence-corrected chi connectivity index (χ3v) is 5.42. The highest BCUT2D eigenvalue weighted by atomic mass is 127. The van der Waals surface area contributed by atoms with Crippen LogP contribution in [-0.4, -0.2) is 17.1 Å². The van der Waals surface area contributed by atoms with Gasteiger partial charge in [0.25, 0.3) is 0 Å². The summed E-state index contributed by atoms with van der Waals surface area (Å²) in [5.41, 5.74) is 1.48. The van der Waals surface area contributed by atoms with E-state index in [0.29, 0.717) is 6.42 Å². The summed E-state index contributed by atoms with van der Waals surface area (Å²) in [7, 11) is 0. The molecule has 0 saturated carbocycles. The Morgan fingerprint density at radius 2 is 1.70 bits per heavy atom. The molecule has 27 heavy (non-hydrogen) atoms. The lowest BCUT2D eigenvalue weighted by Crippen LogP contribution is -2.22. The van der Waals surface area contributed by atoms with E-state index < -0.39 is 0 Å². The third-order valence-electron chi connectivity index (χ3n) is 3.60. The number of amides is 2. The third kappa shape index (κ3) is 7.92. The van der Waals surface area contributed by atoms with Crippen LogP contribution in [0.2, 0.25) is 0 Å². The minimum atomic E-state index is -0.259. The highest BCUT2D eigenvalue weighted by Gasteiger charge is 2.17. The molecule has 0 aliphatic heterocycles. The Morgan fingerprint density at radius 1 is 1.04 bits per heavy atom. The second-order valence-corrected chi connectivity index (χ2v) is 10.2. The predicted octanol–water partition coefficient (Wildman–Crippen LogP) is 5.79. The van der Waals surface area contributed by atoms with Crippen molar-refractivity contribution in [3.63, 3.8) is 0 Å². The van der Waals surface area contributed by atoms with E-state index >= 15 is 0 Å². The average Bonchev–Trinajstić information content (AvgIpc) is 2.55. The summed E-state index contributed by atoms with van der Waals surface area (Å²) >= 11 is 3.69. The monoisotopic (exact) mass is 496 g/mol. The molecule has 144 valence electrons. The Morgan fingerprint density at radius 3 is 2.33 bits per heavy atom. The molecule has 2 aromatic rings. The first kappa shape index (κ1) is 21.8. The van der Waals surface area contributed by atoms with Crippen LogP contribution in [0.25, 0.3) is 0 Å². The Kier molecular flexibility index (Phi) is 7.73. The zero-order valence-electron chi connectivity index (χ0n) is 16.0. The number of anilines is 2. The van der Waals surface area contributed by atoms with Crippen molar-refractivity contribution in [2.45, 2.75) is 44.3 Å². The van der Waals surface area contributed by atoms with Crippen molar-refractivity contribution in [2.24, 2.45) is 5.41 Å². The van der Waals surface area contributed by atoms with Gasteiger partial charge in [0.1, 0.15) is 0 Å². The zero-order valence-corrected chi connectivity index (χ0v) is 19.0. The van der Waals surface area contributed by atoms with Crippen LogP contribution in [0.4, 0.5) is 11.4 Å². The first-order chi connectivity index (χ1) is 12.6. The predicted molar refractivity (Wildman–Crippen MR) is 122 cm³/mol. The fraction of sp³-hybridized carbons (Fsp3) is 0.333. The Bertz CT molecular complexity index is 801. The van der Waals surface area contributed by atoms with Crippen molar-refractivity contribution >= 4 is 57.5 Å². The summed E-state index contributed by atoms with van der Waals surface area (Å²) in [6, 6.07) is 15.3. The molecule has 2 amide bonds. The lowest BCUT2D eigenvalue weighted by molar-refractivity contribution is -0.118. The molecule has 0 spiro atoms. The average molecular weight is 496 g/mol. The van der Waals surface area contributed by atoms with Gasteiger partial charge in [-0.3, -0.25) is 9.59 Å². The lowest BCUT2D eigenvalue weighted by atomic mass is 9.92. The van der Waals surface area contributed by atoms with Gasteiger partial charge < -0.3 is 10.6 Å². The van der Waals surface area contributed by atoms with Gasteiger partial charge in [-0.05, 0) is 77.4 Å². The van der Waals surface area contributed by atoms with Crippen LogP contribution in [0.15, 0.2) is 53.4 Å². The second-order valence-electron chi connectivity index (χ2n) is 7.57. The van der Waals surface area contributed by atoms with Crippen LogP contribution in [0, 0.1) is 8.99 Å². The molecule has 2 rings (SSSR count). The maximum Gasteiger partial charge on any atom is 0.237 e. The molecule has 0 aromatic heterocycles. The summed E-state index contributed by atoms with van der Waals surface area (Å²) in [6.07, 6.45) is 0.458. The maximum atomic E-state index is 12.4. The molecule has 1 unspecified atom stereocenters. The number of benzene rings is 2. The van der Waals surface area contributed by atoms with Crippen LogP contribution >= 0.6 is 34.4 Å². The van der Waals surface area contributed by atoms with E-state index in [1.54, 1.807) is 0 Å². The number of hydrogen-bond donors (Lipinski definition) is 2. The molecule has 1 atom stereocenters. The fourth-order valence-corrected chi connectivity index (χ4v) is 3.65. The maximum absolute atomic E-state index is 12.4. The summed E-state index contributed by atoms with van der Waals surface area (Å²) in [5, 5.41) is 5.60. The first-order valence-corrected chi connectivity index (χ1v) is 10.7. The van der Waals surface area contributed by atoms with Crippen molar-refractivity contribution in [2.75, 3.05) is 10.6 Å². The van der Waals surface area contributed by atoms with Crippen molar-refractivity contribution in [1.29, 1.82) is 0 Å². The molecule has 4 nitrogen and oxygen atoms in total. The van der Waals surface area contributed by atoms with Crippen molar-refractivity contribution in [1.82, 2.24) is 0 Å². The second kappa shape index (κ2) is 9.59. The molecule has 0 aliphatic carbocycles. The summed E-state index contributed by atoms with van der Waals surface area (Å²) in [6.45, 7) is 7.98. The first-order valence-electron chi connectivity index (χ1n) is 8.75. The van der Waals surface area contributed by atoms with Gasteiger partial charge in [0.2, 0.25) is 11.8 Å². The van der Waals surface area contributed by atoms with E-state index in [2.05, 4.69) is 33.2 Å². The van der Waals surface area contributed by atoms with Crippen LogP contribution in [0.1, 0.15) is 34.1 Å². The smallest absolute Gasteiger partial charge is 0.237 e. The van der Waals surface area contributed by atoms with Gasteiger partial charge in [0.15, 0.2) is 0 Å². The van der Waals surface area contributed by atoms with Crippen LogP contribution in [-0.2, 0) is 9.59 Å². The van der Waals surface area contributed by atoms with E-state index in [1.165, 1.54) is 11.8 Å². The van der Waals surface area contributed by atoms with E-state index in [1.807, 2.05) is 76.2 Å². The minimum Gasteiger partial charge on any atom is -0.326 e. The van der Waals surface area contributed by atoms with E-state index in [-0.39, 0.29) is 22.5 Å². The molecule has 0 heterocycles. The number of thioether (sulfide) groups is 1. The highest BCUT2D eigenvalue weighted by Crippen LogP contribution is 2.27. The number of nitrogens with one attached hydrogen (secondary N) is 2. The molecule has 2 N–H and O–H groups in total. The molecular formula is C21H25IN2O2S. The number of carbonyl (C=O) groups is 2. The van der Waals surface area contributed by atoms with Gasteiger partial charge in [-0.1, -0.05) is 26.8 Å². The van der Waals surface area contributed by atoms with Crippen LogP contribution < -0.4 is 10.6 Å². The minimum absolute atomic E-state index is 0.00542. The van der Waals surface area contributed by atoms with Gasteiger partial charge in [-0.15, -0.1) is 11.8 Å². The van der Waals surface area contributed by atoms with Crippen LogP contribution in [0.3, 0.4) is 0 Å². The van der Waals surface area contributed by atoms with Crippen molar-refractivity contribution in [3.8, 4) is 0 Å². The standard InChI is InChI=1S/C21H25IN2O2S/c1-14(20(26)24-16-10-8-15(22)9-11-16)27-18-7-5-6-17(12-18)23-19(25)13-21(2,3)4/h5-12,14H,13H2,1-4H3,(H,23,25)(H,24,26). The Labute approximate surface area is 179 Å². The van der Waals surface area contributed by atoms with E-state index in [9.17, 15) is 9.59 Å². The quantitative estimate of drug-likeness (QED) is 0.394. The molecule has 2 aromatic carbocycles. The largest absolute Gasteiger partial charge is 0.326 e. The SMILES string of the molecule is CC(Sc1cccc(NC(=O)CC(C)(C)C)c1)C(=O)Nc1ccc(I)cc1. The van der Waals surface area contributed by atoms with Gasteiger partial charge in [0.05, 0.1) is 5.25 Å². The molecule has 6 heteroatoms. The summed E-state index contributed by atoms with van der Waals surface area (Å²) < 4.78 is 1.12. The van der Waals surface area contributed by atoms with Crippen molar-refractivity contribution in [3.05, 3.63) is 52.1 Å². The molecule has 0 radical (unpaired) electrons. The normalized spacial score (nSPS) is 12.3. The molecule has 0 fully saturated rings. The highest BCUT2D eigenvalue weighted by molar-refractivity contribution is 14.1. The zero-order chi connectivity index (χ0) is 20.0. The number of rotatable bonds is 6. The number of halogens is 1. The summed E-state index contributed by atoms with van der Waals surface area (Å²) in [4.78, 5) is 25.5. The van der Waals surface area contributed by atoms with Crippen LogP contribution in [0.5, 0.6) is 0 Å². The number of carbonyl (C=O) groups excluding carboxylic acids is 2. The Hall–Kier alpha value is -1.54. The van der Waals surface area contributed by atoms with Gasteiger partial charge in [-0.25, -0.2) is 0 Å². The Balaban J connectivity index is 1.95. The van der Waals surface area contributed by atoms with Gasteiger partial charge in [0, 0.05) is 26.3 Å². The summed E-state index contributed by atoms with van der Waals surface area (Å²) in [5.74, 6) is -0.0578. The lowest BCUT2D eigenvalue weighted by Gasteiger charge is -2.17. The van der Waals surface area contributed by atoms with E-state index in [4.69, 9.17) is 0 Å². The fourth-order valence-electron chi connectivity index (χ4n) is 2.37. The van der Waals surface area contributed by atoms with Gasteiger partial charge in [-0.2, -0.15) is 0 Å².